The van der Waals surface area contributed by atoms with Gasteiger partial charge in [0, 0.05) is 18.7 Å². The molecule has 0 aliphatic heterocycles. The van der Waals surface area contributed by atoms with E-state index in [1.54, 1.807) is 12.1 Å². The molecule has 4 N–H and O–H groups in total. The lowest BCUT2D eigenvalue weighted by molar-refractivity contribution is 0.0956. The summed E-state index contributed by atoms with van der Waals surface area (Å²) in [6.45, 7) is 7.81. The number of anilines is 2. The first-order valence-corrected chi connectivity index (χ1v) is 7.03. The van der Waals surface area contributed by atoms with E-state index in [0.29, 0.717) is 23.7 Å². The van der Waals surface area contributed by atoms with Crippen LogP contribution in [0.1, 0.15) is 44.0 Å². The molecule has 4 nitrogen and oxygen atoms in total. The van der Waals surface area contributed by atoms with Crippen molar-refractivity contribution >= 4 is 17.3 Å². The molecule has 0 heterocycles. The lowest BCUT2D eigenvalue weighted by atomic mass is 10.0. The molecule has 1 rings (SSSR count). The molecule has 0 unspecified atom stereocenters. The van der Waals surface area contributed by atoms with Crippen LogP contribution in [0.25, 0.3) is 0 Å². The Morgan fingerprint density at radius 1 is 1.26 bits per heavy atom. The standard InChI is InChI=1S/C15H25N3O/c1-4-11(5-2)10-18-14-8-7-12(9-13(14)16)15(19)17-6-3/h7-9,11,18H,4-6,10,16H2,1-3H3,(H,17,19). The fourth-order valence-electron chi connectivity index (χ4n) is 1.96. The molecule has 4 heteroatoms. The lowest BCUT2D eigenvalue weighted by Crippen LogP contribution is -2.22. The number of benzene rings is 1. The van der Waals surface area contributed by atoms with Gasteiger partial charge in [-0.05, 0) is 31.0 Å². The third kappa shape index (κ3) is 4.47. The molecular formula is C15H25N3O. The topological polar surface area (TPSA) is 67.2 Å². The van der Waals surface area contributed by atoms with Crippen molar-refractivity contribution in [3.05, 3.63) is 23.8 Å². The Morgan fingerprint density at radius 3 is 2.47 bits per heavy atom. The highest BCUT2D eigenvalue weighted by molar-refractivity contribution is 5.96. The minimum atomic E-state index is -0.0826. The molecule has 0 aliphatic carbocycles. The first-order valence-electron chi connectivity index (χ1n) is 7.03. The van der Waals surface area contributed by atoms with E-state index < -0.39 is 0 Å². The number of nitrogens with one attached hydrogen (secondary N) is 2. The molecule has 0 spiro atoms. The maximum absolute atomic E-state index is 11.7. The molecule has 1 aromatic rings. The predicted octanol–water partition coefficient (Wildman–Crippen LogP) is 2.87. The Morgan fingerprint density at radius 2 is 1.95 bits per heavy atom. The van der Waals surface area contributed by atoms with E-state index in [4.69, 9.17) is 5.73 Å². The summed E-state index contributed by atoms with van der Waals surface area (Å²) < 4.78 is 0. The summed E-state index contributed by atoms with van der Waals surface area (Å²) in [6, 6.07) is 5.40. The van der Waals surface area contributed by atoms with E-state index in [9.17, 15) is 4.79 Å². The summed E-state index contributed by atoms with van der Waals surface area (Å²) in [6.07, 6.45) is 2.31. The monoisotopic (exact) mass is 263 g/mol. The zero-order chi connectivity index (χ0) is 14.3. The highest BCUT2D eigenvalue weighted by Gasteiger charge is 2.08. The Balaban J connectivity index is 2.69. The largest absolute Gasteiger partial charge is 0.397 e. The molecule has 0 aromatic heterocycles. The SMILES string of the molecule is CCNC(=O)c1ccc(NCC(CC)CC)c(N)c1. The molecule has 1 aromatic carbocycles. The van der Waals surface area contributed by atoms with Crippen LogP contribution in [0, 0.1) is 5.92 Å². The first-order chi connectivity index (χ1) is 9.12. The van der Waals surface area contributed by atoms with Gasteiger partial charge in [0.25, 0.3) is 5.91 Å². The van der Waals surface area contributed by atoms with Gasteiger partial charge in [-0.3, -0.25) is 4.79 Å². The Kier molecular flexibility index (Phi) is 6.19. The zero-order valence-corrected chi connectivity index (χ0v) is 12.1. The zero-order valence-electron chi connectivity index (χ0n) is 12.1. The van der Waals surface area contributed by atoms with Gasteiger partial charge in [-0.25, -0.2) is 0 Å². The number of amides is 1. The summed E-state index contributed by atoms with van der Waals surface area (Å²) in [5.41, 5.74) is 8.11. The second-order valence-electron chi connectivity index (χ2n) is 4.72. The Labute approximate surface area is 115 Å². The van der Waals surface area contributed by atoms with Crippen molar-refractivity contribution in [1.82, 2.24) is 5.32 Å². The molecule has 0 atom stereocenters. The maximum atomic E-state index is 11.7. The lowest BCUT2D eigenvalue weighted by Gasteiger charge is -2.16. The molecular weight excluding hydrogens is 238 g/mol. The van der Waals surface area contributed by atoms with Gasteiger partial charge in [0.1, 0.15) is 0 Å². The molecule has 106 valence electrons. The van der Waals surface area contributed by atoms with Crippen LogP contribution in [0.2, 0.25) is 0 Å². The van der Waals surface area contributed by atoms with E-state index in [1.807, 2.05) is 13.0 Å². The number of nitrogens with two attached hydrogens (primary N) is 1. The van der Waals surface area contributed by atoms with Crippen LogP contribution in [-0.4, -0.2) is 19.0 Å². The van der Waals surface area contributed by atoms with Gasteiger partial charge in [-0.2, -0.15) is 0 Å². The average Bonchev–Trinajstić information content (AvgIpc) is 2.41. The second kappa shape index (κ2) is 7.67. The first kappa shape index (κ1) is 15.3. The van der Waals surface area contributed by atoms with E-state index in [-0.39, 0.29) is 5.91 Å². The number of hydrogen-bond donors (Lipinski definition) is 3. The highest BCUT2D eigenvalue weighted by Crippen LogP contribution is 2.21. The van der Waals surface area contributed by atoms with Crippen molar-refractivity contribution in [3.63, 3.8) is 0 Å². The fraction of sp³-hybridized carbons (Fsp3) is 0.533. The van der Waals surface area contributed by atoms with E-state index in [0.717, 1.165) is 25.1 Å². The molecule has 0 bridgehead atoms. The van der Waals surface area contributed by atoms with Crippen molar-refractivity contribution in [2.75, 3.05) is 24.1 Å². The number of carbonyl (C=O) groups excluding carboxylic acids is 1. The third-order valence-electron chi connectivity index (χ3n) is 3.39. The summed E-state index contributed by atoms with van der Waals surface area (Å²) >= 11 is 0. The van der Waals surface area contributed by atoms with Gasteiger partial charge < -0.3 is 16.4 Å². The summed E-state index contributed by atoms with van der Waals surface area (Å²) in [5.74, 6) is 0.572. The van der Waals surface area contributed by atoms with Gasteiger partial charge in [0.05, 0.1) is 11.4 Å². The van der Waals surface area contributed by atoms with Gasteiger partial charge in [-0.15, -0.1) is 0 Å². The van der Waals surface area contributed by atoms with E-state index in [2.05, 4.69) is 24.5 Å². The van der Waals surface area contributed by atoms with Gasteiger partial charge in [0.2, 0.25) is 0 Å². The molecule has 0 saturated heterocycles. The maximum Gasteiger partial charge on any atom is 0.251 e. The van der Waals surface area contributed by atoms with Crippen LogP contribution in [0.4, 0.5) is 11.4 Å². The summed E-state index contributed by atoms with van der Waals surface area (Å²) in [7, 11) is 0. The van der Waals surface area contributed by atoms with Crippen LogP contribution in [-0.2, 0) is 0 Å². The summed E-state index contributed by atoms with van der Waals surface area (Å²) in [5, 5.41) is 6.12. The molecule has 19 heavy (non-hydrogen) atoms. The molecule has 0 saturated carbocycles. The molecule has 1 amide bonds. The molecule has 0 fully saturated rings. The van der Waals surface area contributed by atoms with Crippen LogP contribution in [0.3, 0.4) is 0 Å². The van der Waals surface area contributed by atoms with Crippen molar-refractivity contribution in [2.24, 2.45) is 5.92 Å². The number of carbonyl (C=O) groups is 1. The van der Waals surface area contributed by atoms with Crippen LogP contribution in [0.5, 0.6) is 0 Å². The third-order valence-corrected chi connectivity index (χ3v) is 3.39. The highest BCUT2D eigenvalue weighted by atomic mass is 16.1. The minimum absolute atomic E-state index is 0.0826. The number of nitrogen functional groups attached to an aromatic ring is 1. The Hall–Kier alpha value is -1.71. The van der Waals surface area contributed by atoms with E-state index in [1.165, 1.54) is 0 Å². The number of rotatable bonds is 7. The van der Waals surface area contributed by atoms with Crippen LogP contribution < -0.4 is 16.4 Å². The molecule has 0 radical (unpaired) electrons. The van der Waals surface area contributed by atoms with Gasteiger partial charge in [-0.1, -0.05) is 26.7 Å². The second-order valence-corrected chi connectivity index (χ2v) is 4.72. The Bertz CT molecular complexity index is 414. The quantitative estimate of drug-likeness (QED) is 0.663. The van der Waals surface area contributed by atoms with E-state index >= 15 is 0 Å². The van der Waals surface area contributed by atoms with Crippen LogP contribution in [0.15, 0.2) is 18.2 Å². The smallest absolute Gasteiger partial charge is 0.251 e. The van der Waals surface area contributed by atoms with Crippen molar-refractivity contribution in [2.45, 2.75) is 33.6 Å². The van der Waals surface area contributed by atoms with Crippen LogP contribution >= 0.6 is 0 Å². The minimum Gasteiger partial charge on any atom is -0.397 e. The molecule has 0 aliphatic rings. The van der Waals surface area contributed by atoms with Gasteiger partial charge >= 0.3 is 0 Å². The fourth-order valence-corrected chi connectivity index (χ4v) is 1.96. The van der Waals surface area contributed by atoms with Crippen molar-refractivity contribution < 1.29 is 4.79 Å². The van der Waals surface area contributed by atoms with Gasteiger partial charge in [0.15, 0.2) is 0 Å². The normalized spacial score (nSPS) is 10.5. The van der Waals surface area contributed by atoms with Crippen molar-refractivity contribution in [3.8, 4) is 0 Å². The predicted molar refractivity (Wildman–Crippen MR) is 81.4 cm³/mol. The average molecular weight is 263 g/mol. The summed E-state index contributed by atoms with van der Waals surface area (Å²) in [4.78, 5) is 11.7. The number of hydrogen-bond acceptors (Lipinski definition) is 3. The van der Waals surface area contributed by atoms with Crippen molar-refractivity contribution in [1.29, 1.82) is 0 Å².